The molecule has 0 saturated carbocycles. The molecule has 0 aliphatic rings. The van der Waals surface area contributed by atoms with Crippen molar-refractivity contribution in [2.75, 3.05) is 33.0 Å². The number of nitrogens with two attached hydrogens (primary N) is 1. The van der Waals surface area contributed by atoms with Crippen LogP contribution < -0.4 is 5.73 Å². The molecular weight excluding hydrogens is 252 g/mol. The van der Waals surface area contributed by atoms with Gasteiger partial charge in [-0.05, 0) is 25.0 Å². The van der Waals surface area contributed by atoms with Gasteiger partial charge in [0.15, 0.2) is 0 Å². The Kier molecular flexibility index (Phi) is 5.13. The van der Waals surface area contributed by atoms with Crippen molar-refractivity contribution < 1.29 is 13.2 Å². The van der Waals surface area contributed by atoms with E-state index < -0.39 is 10.0 Å². The molecule has 0 aliphatic carbocycles. The lowest BCUT2D eigenvalue weighted by Crippen LogP contribution is -2.29. The van der Waals surface area contributed by atoms with Gasteiger partial charge in [0.1, 0.15) is 4.90 Å². The molecule has 5 nitrogen and oxygen atoms in total. The summed E-state index contributed by atoms with van der Waals surface area (Å²) >= 11 is 0. The van der Waals surface area contributed by atoms with Crippen LogP contribution in [0.3, 0.4) is 0 Å². The van der Waals surface area contributed by atoms with Crippen molar-refractivity contribution in [2.24, 2.45) is 0 Å². The average molecular weight is 272 g/mol. The molecule has 1 aromatic carbocycles. The van der Waals surface area contributed by atoms with Crippen LogP contribution in [0.25, 0.3) is 0 Å². The first-order chi connectivity index (χ1) is 8.41. The Morgan fingerprint density at radius 1 is 1.39 bits per heavy atom. The lowest BCUT2D eigenvalue weighted by Gasteiger charge is -2.19. The number of nitrogen functional groups attached to an aromatic ring is 1. The zero-order chi connectivity index (χ0) is 13.8. The van der Waals surface area contributed by atoms with E-state index in [1.165, 1.54) is 4.31 Å². The smallest absolute Gasteiger partial charge is 0.245 e. The minimum absolute atomic E-state index is 0.199. The van der Waals surface area contributed by atoms with E-state index in [2.05, 4.69) is 0 Å². The van der Waals surface area contributed by atoms with Crippen molar-refractivity contribution in [3.05, 3.63) is 23.8 Å². The number of methoxy groups -OCH3 is 1. The van der Waals surface area contributed by atoms with Crippen molar-refractivity contribution in [3.8, 4) is 0 Å². The summed E-state index contributed by atoms with van der Waals surface area (Å²) in [4.78, 5) is 0.199. The molecule has 0 fully saturated rings. The Morgan fingerprint density at radius 2 is 2.06 bits per heavy atom. The van der Waals surface area contributed by atoms with Crippen LogP contribution in [0, 0.1) is 6.92 Å². The highest BCUT2D eigenvalue weighted by Crippen LogP contribution is 2.25. The second-order valence-corrected chi connectivity index (χ2v) is 6.15. The van der Waals surface area contributed by atoms with Crippen molar-refractivity contribution in [3.63, 3.8) is 0 Å². The molecule has 0 aliphatic heterocycles. The van der Waals surface area contributed by atoms with Gasteiger partial charge < -0.3 is 10.5 Å². The summed E-state index contributed by atoms with van der Waals surface area (Å²) in [5.74, 6) is 0. The maximum absolute atomic E-state index is 12.4. The highest BCUT2D eigenvalue weighted by molar-refractivity contribution is 7.89. The van der Waals surface area contributed by atoms with Crippen molar-refractivity contribution >= 4 is 15.7 Å². The number of anilines is 1. The van der Waals surface area contributed by atoms with E-state index in [9.17, 15) is 8.42 Å². The Bertz CT molecular complexity index is 480. The molecule has 0 heterocycles. The molecule has 2 N–H and O–H groups in total. The minimum atomic E-state index is -3.53. The number of benzene rings is 1. The van der Waals surface area contributed by atoms with E-state index in [1.54, 1.807) is 39.3 Å². The van der Waals surface area contributed by atoms with Gasteiger partial charge in [0, 0.05) is 27.3 Å². The van der Waals surface area contributed by atoms with Crippen molar-refractivity contribution in [1.82, 2.24) is 4.31 Å². The molecule has 0 unspecified atom stereocenters. The molecule has 0 spiro atoms. The van der Waals surface area contributed by atoms with Gasteiger partial charge in [-0.25, -0.2) is 12.7 Å². The van der Waals surface area contributed by atoms with Gasteiger partial charge in [-0.1, -0.05) is 12.1 Å². The third kappa shape index (κ3) is 3.22. The molecule has 0 radical (unpaired) electrons. The first kappa shape index (κ1) is 14.9. The van der Waals surface area contributed by atoms with Crippen LogP contribution in [0.4, 0.5) is 5.69 Å². The fourth-order valence-electron chi connectivity index (χ4n) is 1.74. The summed E-state index contributed by atoms with van der Waals surface area (Å²) in [6.45, 7) is 2.68. The molecule has 1 rings (SSSR count). The van der Waals surface area contributed by atoms with Crippen LogP contribution in [0.2, 0.25) is 0 Å². The van der Waals surface area contributed by atoms with Gasteiger partial charge in [-0.15, -0.1) is 0 Å². The first-order valence-electron chi connectivity index (χ1n) is 5.71. The molecule has 6 heteroatoms. The van der Waals surface area contributed by atoms with Crippen molar-refractivity contribution in [2.45, 2.75) is 18.2 Å². The van der Waals surface area contributed by atoms with Crippen LogP contribution in [0.15, 0.2) is 23.1 Å². The van der Waals surface area contributed by atoms with Gasteiger partial charge in [-0.2, -0.15) is 0 Å². The number of hydrogen-bond acceptors (Lipinski definition) is 4. The molecule has 102 valence electrons. The molecule has 1 aromatic rings. The zero-order valence-corrected chi connectivity index (χ0v) is 11.8. The monoisotopic (exact) mass is 272 g/mol. The molecule has 0 aromatic heterocycles. The number of sulfonamides is 1. The molecule has 0 saturated heterocycles. The van der Waals surface area contributed by atoms with Gasteiger partial charge >= 0.3 is 0 Å². The topological polar surface area (TPSA) is 72.6 Å². The standard InChI is InChI=1S/C12H20N2O3S/c1-10-6-4-7-11(13)12(10)18(15,16)14(2)8-5-9-17-3/h4,6-7H,5,8-9,13H2,1-3H3. The Balaban J connectivity index is 2.99. The summed E-state index contributed by atoms with van der Waals surface area (Å²) in [5, 5.41) is 0. The van der Waals surface area contributed by atoms with Gasteiger partial charge in [0.2, 0.25) is 10.0 Å². The third-order valence-electron chi connectivity index (χ3n) is 2.73. The number of ether oxygens (including phenoxy) is 1. The van der Waals surface area contributed by atoms with Crippen LogP contribution in [-0.2, 0) is 14.8 Å². The minimum Gasteiger partial charge on any atom is -0.398 e. The number of nitrogens with zero attached hydrogens (tertiary/aromatic N) is 1. The number of aryl methyl sites for hydroxylation is 1. The van der Waals surface area contributed by atoms with E-state index in [-0.39, 0.29) is 10.6 Å². The van der Waals surface area contributed by atoms with Crippen LogP contribution in [0.1, 0.15) is 12.0 Å². The Morgan fingerprint density at radius 3 is 2.61 bits per heavy atom. The largest absolute Gasteiger partial charge is 0.398 e. The van der Waals surface area contributed by atoms with Crippen LogP contribution in [-0.4, -0.2) is 40.0 Å². The van der Waals surface area contributed by atoms with E-state index >= 15 is 0 Å². The van der Waals surface area contributed by atoms with Gasteiger partial charge in [-0.3, -0.25) is 0 Å². The van der Waals surface area contributed by atoms with Crippen molar-refractivity contribution in [1.29, 1.82) is 0 Å². The third-order valence-corrected chi connectivity index (χ3v) is 4.81. The normalized spacial score (nSPS) is 12.0. The average Bonchev–Trinajstić information content (AvgIpc) is 2.28. The Labute approximate surface area is 109 Å². The maximum atomic E-state index is 12.4. The first-order valence-corrected chi connectivity index (χ1v) is 7.15. The van der Waals surface area contributed by atoms with Crippen LogP contribution >= 0.6 is 0 Å². The van der Waals surface area contributed by atoms with E-state index in [0.29, 0.717) is 25.1 Å². The second kappa shape index (κ2) is 6.17. The second-order valence-electron chi connectivity index (χ2n) is 4.17. The molecule has 0 amide bonds. The summed E-state index contributed by atoms with van der Waals surface area (Å²) in [6, 6.07) is 5.09. The van der Waals surface area contributed by atoms with Gasteiger partial charge in [0.25, 0.3) is 0 Å². The SMILES string of the molecule is COCCCN(C)S(=O)(=O)c1c(C)cccc1N. The Hall–Kier alpha value is -1.11. The van der Waals surface area contributed by atoms with E-state index in [4.69, 9.17) is 10.5 Å². The predicted octanol–water partition coefficient (Wildman–Crippen LogP) is 1.23. The molecule has 0 atom stereocenters. The van der Waals surface area contributed by atoms with E-state index in [0.717, 1.165) is 0 Å². The number of rotatable bonds is 6. The molecule has 18 heavy (non-hydrogen) atoms. The summed E-state index contributed by atoms with van der Waals surface area (Å²) in [6.07, 6.45) is 0.651. The highest BCUT2D eigenvalue weighted by Gasteiger charge is 2.24. The fraction of sp³-hybridized carbons (Fsp3) is 0.500. The quantitative estimate of drug-likeness (QED) is 0.624. The lowest BCUT2D eigenvalue weighted by atomic mass is 10.2. The molecular formula is C12H20N2O3S. The summed E-state index contributed by atoms with van der Waals surface area (Å²) in [7, 11) is -0.384. The fourth-order valence-corrected chi connectivity index (χ4v) is 3.26. The maximum Gasteiger partial charge on any atom is 0.245 e. The summed E-state index contributed by atoms with van der Waals surface area (Å²) in [5.41, 5.74) is 6.72. The highest BCUT2D eigenvalue weighted by atomic mass is 32.2. The molecule has 0 bridgehead atoms. The predicted molar refractivity (Wildman–Crippen MR) is 71.9 cm³/mol. The number of hydrogen-bond donors (Lipinski definition) is 1. The van der Waals surface area contributed by atoms with E-state index in [1.807, 2.05) is 0 Å². The lowest BCUT2D eigenvalue weighted by molar-refractivity contribution is 0.189. The summed E-state index contributed by atoms with van der Waals surface area (Å²) < 4.78 is 31.0. The zero-order valence-electron chi connectivity index (χ0n) is 11.0. The van der Waals surface area contributed by atoms with Gasteiger partial charge in [0.05, 0.1) is 5.69 Å². The van der Waals surface area contributed by atoms with Crippen LogP contribution in [0.5, 0.6) is 0 Å².